The second kappa shape index (κ2) is 7.15. The topological polar surface area (TPSA) is 68.5 Å². The fourth-order valence-corrected chi connectivity index (χ4v) is 3.57. The maximum Gasteiger partial charge on any atom is 0.241 e. The van der Waals surface area contributed by atoms with Crippen LogP contribution in [0.2, 0.25) is 0 Å². The Morgan fingerprint density at radius 3 is 3.15 bits per heavy atom. The van der Waals surface area contributed by atoms with Crippen molar-refractivity contribution in [2.75, 3.05) is 26.8 Å². The largest absolute Gasteiger partial charge is 0.383 e. The van der Waals surface area contributed by atoms with Crippen LogP contribution in [0.3, 0.4) is 0 Å². The van der Waals surface area contributed by atoms with Gasteiger partial charge in [0, 0.05) is 31.5 Å². The van der Waals surface area contributed by atoms with Crippen molar-refractivity contribution in [2.24, 2.45) is 5.73 Å². The molecule has 2 N–H and O–H groups in total. The van der Waals surface area contributed by atoms with E-state index in [0.29, 0.717) is 5.92 Å². The van der Waals surface area contributed by atoms with Gasteiger partial charge in [-0.25, -0.2) is 4.98 Å². The molecular formula is C14H23N3O2S. The number of aryl methyl sites for hydroxylation is 1. The molecule has 1 aromatic rings. The summed E-state index contributed by atoms with van der Waals surface area (Å²) < 4.78 is 4.96. The molecule has 20 heavy (non-hydrogen) atoms. The van der Waals surface area contributed by atoms with Crippen molar-refractivity contribution in [3.63, 3.8) is 0 Å². The lowest BCUT2D eigenvalue weighted by molar-refractivity contribution is -0.135. The van der Waals surface area contributed by atoms with E-state index >= 15 is 0 Å². The maximum absolute atomic E-state index is 12.2. The fourth-order valence-electron chi connectivity index (χ4n) is 2.54. The van der Waals surface area contributed by atoms with Gasteiger partial charge < -0.3 is 15.4 Å². The quantitative estimate of drug-likeness (QED) is 0.891. The van der Waals surface area contributed by atoms with E-state index in [1.54, 1.807) is 18.4 Å². The highest BCUT2D eigenvalue weighted by Gasteiger charge is 2.29. The number of nitrogens with two attached hydrogens (primary N) is 1. The first-order valence-electron chi connectivity index (χ1n) is 7.13. The monoisotopic (exact) mass is 297 g/mol. The summed E-state index contributed by atoms with van der Waals surface area (Å²) in [7, 11) is 1.56. The molecule has 1 aliphatic rings. The first kappa shape index (κ1) is 15.4. The lowest BCUT2D eigenvalue weighted by atomic mass is 9.98. The molecule has 1 amide bonds. The molecule has 5 nitrogen and oxygen atoms in total. The number of thiazole rings is 1. The Morgan fingerprint density at radius 1 is 1.70 bits per heavy atom. The van der Waals surface area contributed by atoms with Crippen LogP contribution >= 0.6 is 11.3 Å². The zero-order valence-corrected chi connectivity index (χ0v) is 13.0. The number of carbonyl (C=O) groups excluding carboxylic acids is 1. The van der Waals surface area contributed by atoms with Crippen molar-refractivity contribution in [3.8, 4) is 0 Å². The highest BCUT2D eigenvalue weighted by atomic mass is 32.1. The van der Waals surface area contributed by atoms with E-state index in [2.05, 4.69) is 17.3 Å². The van der Waals surface area contributed by atoms with Gasteiger partial charge in [-0.3, -0.25) is 4.79 Å². The summed E-state index contributed by atoms with van der Waals surface area (Å²) in [5.74, 6) is 0.344. The number of hydrogen-bond donors (Lipinski definition) is 1. The number of amides is 1. The van der Waals surface area contributed by atoms with Gasteiger partial charge in [0.15, 0.2) is 0 Å². The Morgan fingerprint density at radius 2 is 2.50 bits per heavy atom. The van der Waals surface area contributed by atoms with Crippen molar-refractivity contribution in [1.29, 1.82) is 0 Å². The molecule has 2 rings (SSSR count). The minimum atomic E-state index is -0.554. The molecule has 1 fully saturated rings. The average molecular weight is 297 g/mol. The van der Waals surface area contributed by atoms with Crippen LogP contribution in [0.1, 0.15) is 36.4 Å². The van der Waals surface area contributed by atoms with Crippen molar-refractivity contribution >= 4 is 17.2 Å². The Balaban J connectivity index is 1.99. The molecule has 1 saturated heterocycles. The smallest absolute Gasteiger partial charge is 0.241 e. The molecule has 6 heteroatoms. The molecule has 2 heterocycles. The van der Waals surface area contributed by atoms with Gasteiger partial charge in [-0.15, -0.1) is 11.3 Å². The number of hydrogen-bond acceptors (Lipinski definition) is 5. The minimum Gasteiger partial charge on any atom is -0.383 e. The van der Waals surface area contributed by atoms with Crippen molar-refractivity contribution in [2.45, 2.75) is 38.1 Å². The number of ether oxygens (including phenoxy) is 1. The zero-order valence-electron chi connectivity index (χ0n) is 12.2. The lowest BCUT2D eigenvalue weighted by Crippen LogP contribution is -2.49. The minimum absolute atomic E-state index is 0.0104. The molecule has 0 aliphatic carbocycles. The summed E-state index contributed by atoms with van der Waals surface area (Å²) in [4.78, 5) is 18.7. The van der Waals surface area contributed by atoms with Gasteiger partial charge in [-0.1, -0.05) is 6.92 Å². The predicted molar refractivity (Wildman–Crippen MR) is 79.9 cm³/mol. The third-order valence-electron chi connectivity index (χ3n) is 3.68. The molecule has 0 saturated carbocycles. The second-order valence-electron chi connectivity index (χ2n) is 5.22. The molecule has 0 spiro atoms. The molecule has 112 valence electrons. The van der Waals surface area contributed by atoms with Crippen molar-refractivity contribution in [3.05, 3.63) is 16.1 Å². The predicted octanol–water partition coefficient (Wildman–Crippen LogP) is 1.39. The molecule has 0 aromatic carbocycles. The third kappa shape index (κ3) is 3.56. The summed E-state index contributed by atoms with van der Waals surface area (Å²) >= 11 is 1.71. The SMILES string of the molecule is CCc1csc(C2CCCN(C(=O)C(N)COC)C2)n1. The maximum atomic E-state index is 12.2. The number of carbonyl (C=O) groups is 1. The van der Waals surface area contributed by atoms with Crippen LogP contribution in [0.25, 0.3) is 0 Å². The van der Waals surface area contributed by atoms with E-state index in [1.165, 1.54) is 0 Å². The third-order valence-corrected chi connectivity index (χ3v) is 4.73. The summed E-state index contributed by atoms with van der Waals surface area (Å²) in [6, 6.07) is -0.554. The van der Waals surface area contributed by atoms with E-state index in [0.717, 1.165) is 43.1 Å². The first-order valence-corrected chi connectivity index (χ1v) is 8.01. The van der Waals surface area contributed by atoms with E-state index < -0.39 is 6.04 Å². The van der Waals surface area contributed by atoms with Gasteiger partial charge in [0.2, 0.25) is 5.91 Å². The number of likely N-dealkylation sites (tertiary alicyclic amines) is 1. The summed E-state index contributed by atoms with van der Waals surface area (Å²) in [5.41, 5.74) is 6.98. The zero-order chi connectivity index (χ0) is 14.5. The average Bonchev–Trinajstić information content (AvgIpc) is 2.96. The standard InChI is InChI=1S/C14H23N3O2S/c1-3-11-9-20-13(16-11)10-5-4-6-17(7-10)14(18)12(15)8-19-2/h9-10,12H,3-8,15H2,1-2H3. The van der Waals surface area contributed by atoms with Crippen LogP contribution in [0.15, 0.2) is 5.38 Å². The number of aromatic nitrogens is 1. The van der Waals surface area contributed by atoms with Crippen LogP contribution in [0.4, 0.5) is 0 Å². The molecule has 0 bridgehead atoms. The van der Waals surface area contributed by atoms with E-state index in [4.69, 9.17) is 10.5 Å². The van der Waals surface area contributed by atoms with Gasteiger partial charge in [0.1, 0.15) is 6.04 Å². The van der Waals surface area contributed by atoms with Gasteiger partial charge in [0.25, 0.3) is 0 Å². The van der Waals surface area contributed by atoms with Crippen molar-refractivity contribution < 1.29 is 9.53 Å². The van der Waals surface area contributed by atoms with Crippen LogP contribution in [-0.2, 0) is 16.0 Å². The van der Waals surface area contributed by atoms with E-state index in [1.807, 2.05) is 4.90 Å². The lowest BCUT2D eigenvalue weighted by Gasteiger charge is -2.33. The van der Waals surface area contributed by atoms with Crippen LogP contribution in [0.5, 0.6) is 0 Å². The first-order chi connectivity index (χ1) is 9.65. The fraction of sp³-hybridized carbons (Fsp3) is 0.714. The Kier molecular flexibility index (Phi) is 5.51. The van der Waals surface area contributed by atoms with Gasteiger partial charge in [-0.2, -0.15) is 0 Å². The molecule has 2 atom stereocenters. The van der Waals surface area contributed by atoms with Gasteiger partial charge >= 0.3 is 0 Å². The summed E-state index contributed by atoms with van der Waals surface area (Å²) in [5, 5.41) is 3.27. The number of methoxy groups -OCH3 is 1. The molecule has 0 radical (unpaired) electrons. The summed E-state index contributed by atoms with van der Waals surface area (Å²) in [6.45, 7) is 3.90. The normalized spacial score (nSPS) is 20.9. The molecule has 1 aromatic heterocycles. The molecular weight excluding hydrogens is 274 g/mol. The van der Waals surface area contributed by atoms with Crippen LogP contribution < -0.4 is 5.73 Å². The highest BCUT2D eigenvalue weighted by molar-refractivity contribution is 7.09. The van der Waals surface area contributed by atoms with E-state index in [-0.39, 0.29) is 12.5 Å². The van der Waals surface area contributed by atoms with Crippen LogP contribution in [0, 0.1) is 0 Å². The molecule has 2 unspecified atom stereocenters. The highest BCUT2D eigenvalue weighted by Crippen LogP contribution is 2.29. The van der Waals surface area contributed by atoms with Crippen molar-refractivity contribution in [1.82, 2.24) is 9.88 Å². The van der Waals surface area contributed by atoms with Gasteiger partial charge in [0.05, 0.1) is 17.3 Å². The van der Waals surface area contributed by atoms with Crippen LogP contribution in [-0.4, -0.2) is 48.6 Å². The Bertz CT molecular complexity index is 449. The molecule has 1 aliphatic heterocycles. The second-order valence-corrected chi connectivity index (χ2v) is 6.11. The summed E-state index contributed by atoms with van der Waals surface area (Å²) in [6.07, 6.45) is 3.07. The Labute approximate surface area is 124 Å². The Hall–Kier alpha value is -0.980. The van der Waals surface area contributed by atoms with Gasteiger partial charge in [-0.05, 0) is 19.3 Å². The number of nitrogens with zero attached hydrogens (tertiary/aromatic N) is 2. The van der Waals surface area contributed by atoms with E-state index in [9.17, 15) is 4.79 Å². The number of rotatable bonds is 5. The number of piperidine rings is 1.